The van der Waals surface area contributed by atoms with Crippen LogP contribution in [0.3, 0.4) is 0 Å². The van der Waals surface area contributed by atoms with E-state index in [0.29, 0.717) is 25.1 Å². The van der Waals surface area contributed by atoms with Gasteiger partial charge in [0.25, 0.3) is 5.56 Å². The number of nitrogens with two attached hydrogens (primary N) is 1. The average Bonchev–Trinajstić information content (AvgIpc) is 2.88. The number of benzene rings is 1. The molecule has 0 aliphatic heterocycles. The number of rotatable bonds is 1. The minimum Gasteiger partial charge on any atom is -0.369 e. The molecule has 0 fully saturated rings. The number of aromatic nitrogens is 3. The fraction of sp³-hybridized carbons (Fsp3) is 0. The Hall–Kier alpha value is -2.15. The van der Waals surface area contributed by atoms with E-state index < -0.39 is 0 Å². The third-order valence-corrected chi connectivity index (χ3v) is 5.25. The molecule has 3 aromatic heterocycles. The van der Waals surface area contributed by atoms with E-state index in [0.717, 1.165) is 16.6 Å². The van der Waals surface area contributed by atoms with Crippen LogP contribution in [0, 0.1) is 0 Å². The van der Waals surface area contributed by atoms with Gasteiger partial charge in [0, 0.05) is 10.9 Å². The Morgan fingerprint density at radius 1 is 1.09 bits per heavy atom. The van der Waals surface area contributed by atoms with Crippen LogP contribution >= 0.6 is 34.5 Å². The normalized spacial score (nSPS) is 11.4. The second-order valence-corrected chi connectivity index (χ2v) is 6.72. The summed E-state index contributed by atoms with van der Waals surface area (Å²) in [7, 11) is 0. The number of halogens is 2. The zero-order chi connectivity index (χ0) is 16.1. The first-order valence-corrected chi connectivity index (χ1v) is 8.14. The van der Waals surface area contributed by atoms with Crippen molar-refractivity contribution in [1.82, 2.24) is 15.0 Å². The summed E-state index contributed by atoms with van der Waals surface area (Å²) in [4.78, 5) is 24.0. The van der Waals surface area contributed by atoms with E-state index >= 15 is 0 Å². The third kappa shape index (κ3) is 2.35. The Morgan fingerprint density at radius 2 is 1.91 bits per heavy atom. The lowest BCUT2D eigenvalue weighted by atomic mass is 10.1. The maximum absolute atomic E-state index is 12.0. The lowest BCUT2D eigenvalue weighted by molar-refractivity contribution is 1.20. The Kier molecular flexibility index (Phi) is 3.26. The van der Waals surface area contributed by atoms with Crippen molar-refractivity contribution in [2.45, 2.75) is 0 Å². The van der Waals surface area contributed by atoms with Crippen molar-refractivity contribution in [2.75, 3.05) is 5.73 Å². The van der Waals surface area contributed by atoms with Crippen LogP contribution in [-0.2, 0) is 0 Å². The highest BCUT2D eigenvalue weighted by Crippen LogP contribution is 2.33. The monoisotopic (exact) mass is 362 g/mol. The molecule has 0 atom stereocenters. The van der Waals surface area contributed by atoms with Crippen molar-refractivity contribution in [3.8, 4) is 11.3 Å². The van der Waals surface area contributed by atoms with Gasteiger partial charge in [-0.2, -0.15) is 0 Å². The minimum absolute atomic E-state index is 0.0933. The predicted molar refractivity (Wildman–Crippen MR) is 95.4 cm³/mol. The van der Waals surface area contributed by atoms with Crippen molar-refractivity contribution in [1.29, 1.82) is 0 Å². The van der Waals surface area contributed by atoms with Gasteiger partial charge in [-0.1, -0.05) is 29.3 Å². The summed E-state index contributed by atoms with van der Waals surface area (Å²) >= 11 is 13.3. The molecule has 0 spiro atoms. The van der Waals surface area contributed by atoms with E-state index in [2.05, 4.69) is 15.0 Å². The highest BCUT2D eigenvalue weighted by atomic mass is 35.5. The molecule has 0 unspecified atom stereocenters. The number of thiophene rings is 1. The highest BCUT2D eigenvalue weighted by molar-refractivity contribution is 7.25. The number of pyridine rings is 1. The quantitative estimate of drug-likeness (QED) is 0.534. The van der Waals surface area contributed by atoms with E-state index in [9.17, 15) is 4.79 Å². The van der Waals surface area contributed by atoms with Gasteiger partial charge in [0.05, 0.1) is 15.7 Å². The molecule has 3 heterocycles. The fourth-order valence-electron chi connectivity index (χ4n) is 2.37. The van der Waals surface area contributed by atoms with Crippen LogP contribution < -0.4 is 11.3 Å². The number of hydrogen-bond donors (Lipinski definition) is 2. The van der Waals surface area contributed by atoms with Crippen LogP contribution in [0.25, 0.3) is 31.7 Å². The summed E-state index contributed by atoms with van der Waals surface area (Å²) < 4.78 is 0.507. The van der Waals surface area contributed by atoms with Gasteiger partial charge >= 0.3 is 0 Å². The Balaban J connectivity index is 1.97. The van der Waals surface area contributed by atoms with Gasteiger partial charge in [-0.3, -0.25) is 9.78 Å². The molecule has 0 aliphatic rings. The summed E-state index contributed by atoms with van der Waals surface area (Å²) in [6, 6.07) is 9.06. The highest BCUT2D eigenvalue weighted by Gasteiger charge is 2.13. The predicted octanol–water partition coefficient (Wildman–Crippen LogP) is 4.09. The van der Waals surface area contributed by atoms with Crippen LogP contribution in [0.5, 0.6) is 0 Å². The van der Waals surface area contributed by atoms with Gasteiger partial charge in [0.15, 0.2) is 0 Å². The van der Waals surface area contributed by atoms with E-state index in [1.807, 2.05) is 18.2 Å². The molecule has 0 saturated carbocycles. The molecule has 0 bridgehead atoms. The van der Waals surface area contributed by atoms with Crippen molar-refractivity contribution >= 4 is 60.9 Å². The van der Waals surface area contributed by atoms with E-state index in [1.165, 1.54) is 11.3 Å². The lowest BCUT2D eigenvalue weighted by Gasteiger charge is -2.03. The molecule has 0 radical (unpaired) electrons. The number of H-pyrrole nitrogens is 1. The Bertz CT molecular complexity index is 1140. The van der Waals surface area contributed by atoms with Gasteiger partial charge < -0.3 is 5.73 Å². The molecule has 5 nitrogen and oxygen atoms in total. The summed E-state index contributed by atoms with van der Waals surface area (Å²) in [6.07, 6.45) is 0. The SMILES string of the molecule is Nc1nc2c(sc3nc(-c4ccc(Cl)c(Cl)c4)ccc32)c(=O)[nH]1. The molecular weight excluding hydrogens is 355 g/mol. The smallest absolute Gasteiger partial charge is 0.270 e. The van der Waals surface area contributed by atoms with Crippen LogP contribution in [-0.4, -0.2) is 15.0 Å². The van der Waals surface area contributed by atoms with Gasteiger partial charge in [0.2, 0.25) is 5.95 Å². The molecule has 1 aromatic carbocycles. The maximum Gasteiger partial charge on any atom is 0.270 e. The molecule has 8 heteroatoms. The molecular formula is C15H8Cl2N4OS. The summed E-state index contributed by atoms with van der Waals surface area (Å²) in [5.41, 5.74) is 7.52. The third-order valence-electron chi connectivity index (χ3n) is 3.42. The first-order chi connectivity index (χ1) is 11.0. The zero-order valence-corrected chi connectivity index (χ0v) is 13.8. The first kappa shape index (κ1) is 14.4. The van der Waals surface area contributed by atoms with Crippen molar-refractivity contribution < 1.29 is 0 Å². The van der Waals surface area contributed by atoms with Crippen molar-refractivity contribution in [3.63, 3.8) is 0 Å². The molecule has 0 aliphatic carbocycles. The number of aromatic amines is 1. The molecule has 4 rings (SSSR count). The summed E-state index contributed by atoms with van der Waals surface area (Å²) in [5, 5.41) is 1.75. The van der Waals surface area contributed by atoms with Crippen LogP contribution in [0.2, 0.25) is 10.0 Å². The molecule has 114 valence electrons. The van der Waals surface area contributed by atoms with Crippen molar-refractivity contribution in [2.24, 2.45) is 0 Å². The Morgan fingerprint density at radius 3 is 2.70 bits per heavy atom. The second kappa shape index (κ2) is 5.19. The van der Waals surface area contributed by atoms with Gasteiger partial charge in [-0.25, -0.2) is 9.97 Å². The lowest BCUT2D eigenvalue weighted by Crippen LogP contribution is -2.09. The van der Waals surface area contributed by atoms with Gasteiger partial charge in [-0.15, -0.1) is 11.3 Å². The maximum atomic E-state index is 12.0. The molecule has 23 heavy (non-hydrogen) atoms. The number of fused-ring (bicyclic) bond motifs is 3. The average molecular weight is 363 g/mol. The van der Waals surface area contributed by atoms with Gasteiger partial charge in [-0.05, 0) is 24.3 Å². The largest absolute Gasteiger partial charge is 0.369 e. The number of anilines is 1. The first-order valence-electron chi connectivity index (χ1n) is 6.57. The topological polar surface area (TPSA) is 84.7 Å². The second-order valence-electron chi connectivity index (χ2n) is 4.91. The summed E-state index contributed by atoms with van der Waals surface area (Å²) in [5.74, 6) is 0.0933. The van der Waals surface area contributed by atoms with E-state index in [-0.39, 0.29) is 11.5 Å². The van der Waals surface area contributed by atoms with E-state index in [1.54, 1.807) is 12.1 Å². The van der Waals surface area contributed by atoms with Crippen molar-refractivity contribution in [3.05, 3.63) is 50.7 Å². The van der Waals surface area contributed by atoms with Crippen LogP contribution in [0.1, 0.15) is 0 Å². The Labute approximate surface area is 143 Å². The van der Waals surface area contributed by atoms with Gasteiger partial charge in [0.1, 0.15) is 15.0 Å². The van der Waals surface area contributed by atoms with E-state index in [4.69, 9.17) is 28.9 Å². The van der Waals surface area contributed by atoms with Crippen LogP contribution in [0.15, 0.2) is 35.1 Å². The number of nitrogens with one attached hydrogen (secondary N) is 1. The molecule has 0 saturated heterocycles. The molecule has 0 amide bonds. The summed E-state index contributed by atoms with van der Waals surface area (Å²) in [6.45, 7) is 0. The zero-order valence-electron chi connectivity index (χ0n) is 11.4. The molecule has 4 aromatic rings. The number of hydrogen-bond acceptors (Lipinski definition) is 5. The number of nitrogen functional groups attached to an aromatic ring is 1. The fourth-order valence-corrected chi connectivity index (χ4v) is 3.67. The number of nitrogens with zero attached hydrogens (tertiary/aromatic N) is 2. The molecule has 3 N–H and O–H groups in total. The minimum atomic E-state index is -0.258. The standard InChI is InChI=1S/C15H8Cl2N4OS/c16-8-3-1-6(5-9(8)17)10-4-2-7-11-12(23-14(7)19-10)13(22)21-15(18)20-11/h1-5H,(H3,18,20,21,22). The van der Waals surface area contributed by atoms with Crippen LogP contribution in [0.4, 0.5) is 5.95 Å².